The van der Waals surface area contributed by atoms with Crippen LogP contribution in [0.5, 0.6) is 5.75 Å². The first-order valence-electron chi connectivity index (χ1n) is 4.89. The van der Waals surface area contributed by atoms with Gasteiger partial charge >= 0.3 is 0 Å². The molecular formula is C11H9Cl3O3. The van der Waals surface area contributed by atoms with E-state index >= 15 is 0 Å². The molecule has 3 nitrogen and oxygen atoms in total. The van der Waals surface area contributed by atoms with E-state index < -0.39 is 6.10 Å². The summed E-state index contributed by atoms with van der Waals surface area (Å²) in [5.74, 6) is 0.425. The lowest BCUT2D eigenvalue weighted by molar-refractivity contribution is -0.150. The Morgan fingerprint density at radius 3 is 2.41 bits per heavy atom. The molecule has 6 heteroatoms. The topological polar surface area (TPSA) is 35.5 Å². The van der Waals surface area contributed by atoms with Crippen LogP contribution in [0.1, 0.15) is 6.42 Å². The number of rotatable bonds is 3. The lowest BCUT2D eigenvalue weighted by Gasteiger charge is -2.33. The Hall–Kier alpha value is -0.480. The number of carbonyl (C=O) groups excluding carboxylic acids is 1. The molecule has 0 bridgehead atoms. The third kappa shape index (κ3) is 2.52. The van der Waals surface area contributed by atoms with E-state index in [4.69, 9.17) is 44.3 Å². The standard InChI is InChI=1S/C11H9Cl3O3/c1-16-11-8(15)4-10(11)17-9-3-6(13)5(12)2-7(9)14/h2-3,10-11H,4H2,1H3. The number of ether oxygens (including phenoxy) is 2. The van der Waals surface area contributed by atoms with Gasteiger partial charge in [0.25, 0.3) is 0 Å². The first kappa shape index (κ1) is 13.0. The van der Waals surface area contributed by atoms with Crippen LogP contribution in [0.25, 0.3) is 0 Å². The highest BCUT2D eigenvalue weighted by atomic mass is 35.5. The van der Waals surface area contributed by atoms with Crippen LogP contribution in [0.4, 0.5) is 0 Å². The highest BCUT2D eigenvalue weighted by molar-refractivity contribution is 6.43. The molecule has 0 amide bonds. The molecule has 1 fully saturated rings. The molecule has 0 radical (unpaired) electrons. The van der Waals surface area contributed by atoms with Gasteiger partial charge in [0.05, 0.1) is 15.1 Å². The minimum absolute atomic E-state index is 0.0219. The normalized spacial score (nSPS) is 23.4. The fourth-order valence-electron chi connectivity index (χ4n) is 1.61. The zero-order valence-electron chi connectivity index (χ0n) is 8.88. The van der Waals surface area contributed by atoms with Crippen molar-refractivity contribution in [1.29, 1.82) is 0 Å². The van der Waals surface area contributed by atoms with Crippen LogP contribution in [0.3, 0.4) is 0 Å². The number of hydrogen-bond acceptors (Lipinski definition) is 3. The second-order valence-corrected chi connectivity index (χ2v) is 4.90. The summed E-state index contributed by atoms with van der Waals surface area (Å²) in [6, 6.07) is 3.03. The molecule has 0 heterocycles. The molecule has 0 aliphatic heterocycles. The molecule has 2 unspecified atom stereocenters. The monoisotopic (exact) mass is 294 g/mol. The van der Waals surface area contributed by atoms with Crippen LogP contribution in [0.15, 0.2) is 12.1 Å². The van der Waals surface area contributed by atoms with E-state index in [1.165, 1.54) is 19.2 Å². The summed E-state index contributed by atoms with van der Waals surface area (Å²) in [6.45, 7) is 0. The average molecular weight is 296 g/mol. The van der Waals surface area contributed by atoms with Crippen LogP contribution in [0, 0.1) is 0 Å². The first-order chi connectivity index (χ1) is 8.02. The van der Waals surface area contributed by atoms with Gasteiger partial charge in [0.1, 0.15) is 11.9 Å². The lowest BCUT2D eigenvalue weighted by Crippen LogP contribution is -2.51. The van der Waals surface area contributed by atoms with Gasteiger partial charge in [-0.3, -0.25) is 4.79 Å². The van der Waals surface area contributed by atoms with E-state index in [0.717, 1.165) is 0 Å². The molecule has 1 aromatic carbocycles. The fraction of sp³-hybridized carbons (Fsp3) is 0.364. The highest BCUT2D eigenvalue weighted by Crippen LogP contribution is 2.36. The maximum atomic E-state index is 11.2. The van der Waals surface area contributed by atoms with Crippen LogP contribution in [-0.4, -0.2) is 25.1 Å². The summed E-state index contributed by atoms with van der Waals surface area (Å²) in [4.78, 5) is 11.2. The molecular weight excluding hydrogens is 286 g/mol. The van der Waals surface area contributed by atoms with Gasteiger partial charge in [-0.15, -0.1) is 0 Å². The number of carbonyl (C=O) groups is 1. The summed E-state index contributed by atoms with van der Waals surface area (Å²) < 4.78 is 10.6. The molecule has 0 saturated heterocycles. The minimum Gasteiger partial charge on any atom is -0.485 e. The molecule has 2 rings (SSSR count). The molecule has 1 aromatic rings. The fourth-order valence-corrected chi connectivity index (χ4v) is 2.19. The van der Waals surface area contributed by atoms with Crippen molar-refractivity contribution in [2.75, 3.05) is 7.11 Å². The third-order valence-corrected chi connectivity index (χ3v) is 3.58. The van der Waals surface area contributed by atoms with E-state index in [9.17, 15) is 4.79 Å². The van der Waals surface area contributed by atoms with Gasteiger partial charge in [-0.05, 0) is 6.07 Å². The summed E-state index contributed by atoms with van der Waals surface area (Å²) in [5, 5.41) is 1.07. The Morgan fingerprint density at radius 2 is 1.82 bits per heavy atom. The molecule has 1 aliphatic carbocycles. The lowest BCUT2D eigenvalue weighted by atomic mass is 9.90. The summed E-state index contributed by atoms with van der Waals surface area (Å²) >= 11 is 17.6. The number of halogens is 3. The van der Waals surface area contributed by atoms with Gasteiger partial charge < -0.3 is 9.47 Å². The SMILES string of the molecule is COC1C(=O)CC1Oc1cc(Cl)c(Cl)cc1Cl. The van der Waals surface area contributed by atoms with Crippen molar-refractivity contribution in [3.8, 4) is 5.75 Å². The zero-order valence-corrected chi connectivity index (χ0v) is 11.1. The third-order valence-electron chi connectivity index (χ3n) is 2.56. The second-order valence-electron chi connectivity index (χ2n) is 3.68. The quantitative estimate of drug-likeness (QED) is 0.802. The van der Waals surface area contributed by atoms with Crippen LogP contribution in [-0.2, 0) is 9.53 Å². The molecule has 0 aromatic heterocycles. The Morgan fingerprint density at radius 1 is 1.18 bits per heavy atom. The number of methoxy groups -OCH3 is 1. The molecule has 17 heavy (non-hydrogen) atoms. The Kier molecular flexibility index (Phi) is 3.83. The van der Waals surface area contributed by atoms with Crippen molar-refractivity contribution >= 4 is 40.6 Å². The minimum atomic E-state index is -0.527. The van der Waals surface area contributed by atoms with Crippen molar-refractivity contribution in [3.05, 3.63) is 27.2 Å². The van der Waals surface area contributed by atoms with Gasteiger partial charge in [-0.25, -0.2) is 0 Å². The first-order valence-corrected chi connectivity index (χ1v) is 6.03. The molecule has 92 valence electrons. The van der Waals surface area contributed by atoms with Gasteiger partial charge in [0, 0.05) is 19.6 Å². The predicted octanol–water partition coefficient (Wildman–Crippen LogP) is 3.38. The highest BCUT2D eigenvalue weighted by Gasteiger charge is 2.42. The van der Waals surface area contributed by atoms with Crippen molar-refractivity contribution in [2.45, 2.75) is 18.6 Å². The summed E-state index contributed by atoms with van der Waals surface area (Å²) in [6.07, 6.45) is -0.530. The van der Waals surface area contributed by atoms with Crippen molar-refractivity contribution < 1.29 is 14.3 Å². The van der Waals surface area contributed by atoms with Gasteiger partial charge in [0.15, 0.2) is 11.9 Å². The van der Waals surface area contributed by atoms with E-state index in [0.29, 0.717) is 27.2 Å². The van der Waals surface area contributed by atoms with Crippen molar-refractivity contribution in [1.82, 2.24) is 0 Å². The molecule has 1 aliphatic rings. The van der Waals surface area contributed by atoms with Crippen LogP contribution < -0.4 is 4.74 Å². The smallest absolute Gasteiger partial charge is 0.169 e. The Labute approximate surface area is 114 Å². The average Bonchev–Trinajstić information content (AvgIpc) is 2.25. The Balaban J connectivity index is 2.14. The summed E-state index contributed by atoms with van der Waals surface area (Å²) in [5.41, 5.74) is 0. The summed E-state index contributed by atoms with van der Waals surface area (Å²) in [7, 11) is 1.47. The van der Waals surface area contributed by atoms with E-state index in [1.54, 1.807) is 0 Å². The van der Waals surface area contributed by atoms with Crippen molar-refractivity contribution in [2.24, 2.45) is 0 Å². The molecule has 1 saturated carbocycles. The molecule has 0 N–H and O–H groups in total. The number of Topliss-reactive ketones (excluding diaryl/α,β-unsaturated/α-hetero) is 1. The molecule has 0 spiro atoms. The predicted molar refractivity (Wildman–Crippen MR) is 66.3 cm³/mol. The Bertz CT molecular complexity index is 462. The second kappa shape index (κ2) is 5.02. The number of ketones is 1. The van der Waals surface area contributed by atoms with Gasteiger partial charge in [0.2, 0.25) is 0 Å². The van der Waals surface area contributed by atoms with Crippen LogP contribution >= 0.6 is 34.8 Å². The zero-order chi connectivity index (χ0) is 12.6. The van der Waals surface area contributed by atoms with E-state index in [1.807, 2.05) is 0 Å². The van der Waals surface area contributed by atoms with Gasteiger partial charge in [-0.1, -0.05) is 34.8 Å². The van der Waals surface area contributed by atoms with Crippen LogP contribution in [0.2, 0.25) is 15.1 Å². The maximum Gasteiger partial charge on any atom is 0.169 e. The molecule has 2 atom stereocenters. The van der Waals surface area contributed by atoms with Crippen molar-refractivity contribution in [3.63, 3.8) is 0 Å². The van der Waals surface area contributed by atoms with E-state index in [2.05, 4.69) is 0 Å². The van der Waals surface area contributed by atoms with Gasteiger partial charge in [-0.2, -0.15) is 0 Å². The number of benzene rings is 1. The van der Waals surface area contributed by atoms with E-state index in [-0.39, 0.29) is 11.9 Å². The largest absolute Gasteiger partial charge is 0.485 e. The number of hydrogen-bond donors (Lipinski definition) is 0. The maximum absolute atomic E-state index is 11.2.